The van der Waals surface area contributed by atoms with Crippen LogP contribution in [0.5, 0.6) is 0 Å². The quantitative estimate of drug-likeness (QED) is 0.204. The zero-order valence-corrected chi connectivity index (χ0v) is 24.4. The van der Waals surface area contributed by atoms with Gasteiger partial charge in [-0.1, -0.05) is 37.1 Å². The van der Waals surface area contributed by atoms with Crippen molar-refractivity contribution in [2.45, 2.75) is 12.8 Å². The Labute approximate surface area is 238 Å². The molecule has 0 N–H and O–H groups in total. The first kappa shape index (κ1) is 35.3. The molecule has 0 fully saturated rings. The van der Waals surface area contributed by atoms with Gasteiger partial charge in [0.2, 0.25) is 0 Å². The number of hydrogen-bond donors (Lipinski definition) is 0. The Morgan fingerprint density at radius 3 is 1.34 bits per heavy atom. The van der Waals surface area contributed by atoms with E-state index in [-0.39, 0.29) is 43.9 Å². The summed E-state index contributed by atoms with van der Waals surface area (Å²) in [5.41, 5.74) is 3.80. The molecule has 0 atom stereocenters. The number of benzene rings is 3. The molecule has 3 aromatic carbocycles. The fraction of sp³-hybridized carbons (Fsp3) is 0.0690. The minimum atomic E-state index is -0.192. The van der Waals surface area contributed by atoms with E-state index in [1.54, 1.807) is 12.1 Å². The Morgan fingerprint density at radius 1 is 0.657 bits per heavy atom. The minimum Gasteiger partial charge on any atom is -0.184 e. The first-order valence-electron chi connectivity index (χ1n) is 9.95. The van der Waals surface area contributed by atoms with E-state index < -0.39 is 0 Å². The average molecular weight is 603 g/mol. The molecule has 35 heavy (non-hydrogen) atoms. The largest absolute Gasteiger partial charge is 0.184 e. The molecule has 0 spiro atoms. The first-order chi connectivity index (χ1) is 15.7. The summed E-state index contributed by atoms with van der Waals surface area (Å²) in [4.78, 5) is 0. The van der Waals surface area contributed by atoms with Gasteiger partial charge in [0.1, 0.15) is 11.6 Å². The maximum absolute atomic E-state index is 12.8. The third-order valence-electron chi connectivity index (χ3n) is 4.27. The summed E-state index contributed by atoms with van der Waals surface area (Å²) >= 11 is 1.36. The van der Waals surface area contributed by atoms with Crippen LogP contribution in [-0.2, 0) is 23.3 Å². The standard InChI is InChI=1S/2C11H8F.C6H5.CH3.2ClH.Si.Zr/c2*12-11-7-3-6-10(8-11)9-4-1-2-5-9;1-2-4-6-5-3-1;;;;;/h2*1,3-4,6-8H,2H2;1-5H;1H3;2*1H;;/q4*-1;;;;. The van der Waals surface area contributed by atoms with Gasteiger partial charge in [0, 0.05) is 0 Å². The van der Waals surface area contributed by atoms with Crippen molar-refractivity contribution in [3.05, 3.63) is 152 Å². The molecule has 0 heterocycles. The summed E-state index contributed by atoms with van der Waals surface area (Å²) in [6.45, 7) is 3.06. The average Bonchev–Trinajstić information content (AvgIpc) is 3.57. The van der Waals surface area contributed by atoms with Gasteiger partial charge in [0.05, 0.1) is 0 Å². The molecular weight excluding hydrogens is 577 g/mol. The van der Waals surface area contributed by atoms with Crippen molar-refractivity contribution in [3.63, 3.8) is 0 Å². The zero-order valence-electron chi connectivity index (χ0n) is 19.3. The molecule has 0 aromatic heterocycles. The molecule has 0 saturated heterocycles. The van der Waals surface area contributed by atoms with E-state index in [1.165, 1.54) is 47.6 Å². The molecule has 5 rings (SSSR count). The second-order valence-corrected chi connectivity index (χ2v) is 6.49. The Morgan fingerprint density at radius 2 is 1.09 bits per heavy atom. The SMILES string of the molecule is Cl.Cl.Fc1cccc(C2=[C-]CC=C2)c1.Fc1cccc(C2=[C-]CC=C2)c1.[CH3-].[Si]=[Zr].[c-]1ccccc1. The van der Waals surface area contributed by atoms with Crippen molar-refractivity contribution >= 4 is 42.8 Å². The Balaban J connectivity index is 0. The van der Waals surface area contributed by atoms with Gasteiger partial charge in [-0.2, -0.15) is 71.8 Å². The Kier molecular flexibility index (Phi) is 21.6. The van der Waals surface area contributed by atoms with Gasteiger partial charge in [0.15, 0.2) is 0 Å². The second-order valence-electron chi connectivity index (χ2n) is 6.49. The predicted molar refractivity (Wildman–Crippen MR) is 146 cm³/mol. The molecule has 6 heteroatoms. The molecule has 0 aliphatic heterocycles. The molecule has 0 bridgehead atoms. The van der Waals surface area contributed by atoms with Crippen molar-refractivity contribution in [1.82, 2.24) is 0 Å². The van der Waals surface area contributed by atoms with Crippen LogP contribution in [0.1, 0.15) is 24.0 Å². The summed E-state index contributed by atoms with van der Waals surface area (Å²) in [6, 6.07) is 25.7. The second kappa shape index (κ2) is 21.4. The maximum Gasteiger partial charge on any atom is -0.171 e. The van der Waals surface area contributed by atoms with E-state index in [1.807, 2.05) is 66.8 Å². The van der Waals surface area contributed by atoms with E-state index in [9.17, 15) is 8.78 Å². The third kappa shape index (κ3) is 13.7. The molecule has 0 unspecified atom stereocenters. The Bertz CT molecular complexity index is 998. The third-order valence-corrected chi connectivity index (χ3v) is 4.27. The fourth-order valence-corrected chi connectivity index (χ4v) is 2.86. The molecule has 0 amide bonds. The summed E-state index contributed by atoms with van der Waals surface area (Å²) in [5.74, 6) is -0.385. The van der Waals surface area contributed by atoms with E-state index in [0.29, 0.717) is 0 Å². The van der Waals surface area contributed by atoms with E-state index in [4.69, 9.17) is 0 Å². The summed E-state index contributed by atoms with van der Waals surface area (Å²) < 4.78 is 25.5. The normalized spacial score (nSPS) is 11.7. The van der Waals surface area contributed by atoms with Gasteiger partial charge in [-0.15, -0.1) is 60.2 Å². The molecular formula is C29H26Cl2F2SiZr-4. The van der Waals surface area contributed by atoms with Gasteiger partial charge >= 0.3 is 30.2 Å². The van der Waals surface area contributed by atoms with E-state index >= 15 is 0 Å². The minimum absolute atomic E-state index is 0. The van der Waals surface area contributed by atoms with Crippen LogP contribution in [-0.4, -0.2) is 6.88 Å². The summed E-state index contributed by atoms with van der Waals surface area (Å²) in [7, 11) is 0. The molecule has 2 aliphatic carbocycles. The predicted octanol–water partition coefficient (Wildman–Crippen LogP) is 8.34. The van der Waals surface area contributed by atoms with E-state index in [0.717, 1.165) is 35.1 Å². The van der Waals surface area contributed by atoms with Crippen molar-refractivity contribution in [2.75, 3.05) is 0 Å². The molecule has 182 valence electrons. The number of hydrogen-bond acceptors (Lipinski definition) is 0. The maximum atomic E-state index is 12.8. The van der Waals surface area contributed by atoms with Gasteiger partial charge in [-0.3, -0.25) is 0 Å². The molecule has 2 aliphatic rings. The van der Waals surface area contributed by atoms with Gasteiger partial charge < -0.3 is 7.43 Å². The zero-order chi connectivity index (χ0) is 23.0. The number of rotatable bonds is 2. The van der Waals surface area contributed by atoms with Crippen LogP contribution in [0, 0.1) is 37.3 Å². The van der Waals surface area contributed by atoms with Crippen LogP contribution >= 0.6 is 24.8 Å². The van der Waals surface area contributed by atoms with Crippen LogP contribution in [0.2, 0.25) is 0 Å². The van der Waals surface area contributed by atoms with Crippen LogP contribution in [0.25, 0.3) is 11.1 Å². The van der Waals surface area contributed by atoms with Crippen molar-refractivity contribution < 1.29 is 32.1 Å². The first-order valence-corrected chi connectivity index (χ1v) is 14.1. The molecule has 0 saturated carbocycles. The van der Waals surface area contributed by atoms with E-state index in [2.05, 4.69) is 25.1 Å². The number of allylic oxidation sites excluding steroid dienone is 8. The van der Waals surface area contributed by atoms with Crippen molar-refractivity contribution in [3.8, 4) is 0 Å². The molecule has 0 nitrogen and oxygen atoms in total. The smallest absolute Gasteiger partial charge is 0.171 e. The van der Waals surface area contributed by atoms with Gasteiger partial charge in [0.25, 0.3) is 0 Å². The van der Waals surface area contributed by atoms with Crippen LogP contribution in [0.4, 0.5) is 8.78 Å². The van der Waals surface area contributed by atoms with Crippen molar-refractivity contribution in [2.24, 2.45) is 0 Å². The molecule has 2 radical (unpaired) electrons. The van der Waals surface area contributed by atoms with Gasteiger partial charge in [-0.05, 0) is 12.1 Å². The Hall–Kier alpha value is -1.84. The van der Waals surface area contributed by atoms with Crippen LogP contribution in [0.3, 0.4) is 0 Å². The monoisotopic (exact) mass is 600 g/mol. The van der Waals surface area contributed by atoms with Gasteiger partial charge in [-0.25, -0.2) is 8.78 Å². The topological polar surface area (TPSA) is 0 Å². The van der Waals surface area contributed by atoms with Crippen LogP contribution < -0.4 is 0 Å². The fourth-order valence-electron chi connectivity index (χ4n) is 2.86. The summed E-state index contributed by atoms with van der Waals surface area (Å²) in [5, 5.41) is 0. The van der Waals surface area contributed by atoms with Crippen LogP contribution in [0.15, 0.2) is 103 Å². The van der Waals surface area contributed by atoms with Crippen molar-refractivity contribution in [1.29, 1.82) is 0 Å². The molecule has 3 aromatic rings. The number of halogens is 4. The summed E-state index contributed by atoms with van der Waals surface area (Å²) in [6.07, 6.45) is 15.9.